The Morgan fingerprint density at radius 2 is 2.32 bits per heavy atom. The maximum Gasteiger partial charge on any atom is 0.293 e. The normalized spacial score (nSPS) is 20.3. The van der Waals surface area contributed by atoms with Crippen LogP contribution in [0.15, 0.2) is 21.2 Å². The third-order valence-corrected chi connectivity index (χ3v) is 4.69. The molecule has 0 aliphatic carbocycles. The molecule has 132 valence electrons. The van der Waals surface area contributed by atoms with E-state index in [2.05, 4.69) is 26.1 Å². The van der Waals surface area contributed by atoms with Crippen molar-refractivity contribution in [1.29, 1.82) is 0 Å². The zero-order valence-corrected chi connectivity index (χ0v) is 14.2. The number of hydrogen-bond acceptors (Lipinski definition) is 6. The Labute approximate surface area is 145 Å². The van der Waals surface area contributed by atoms with Gasteiger partial charge in [0.05, 0.1) is 19.3 Å². The molecule has 3 heterocycles. The Morgan fingerprint density at radius 1 is 1.52 bits per heavy atom. The number of rotatable bonds is 7. The maximum atomic E-state index is 12.6. The number of methoxy groups -OCH3 is 1. The summed E-state index contributed by atoms with van der Waals surface area (Å²) in [5.74, 6) is 3.27. The summed E-state index contributed by atoms with van der Waals surface area (Å²) in [4.78, 5) is 33.3. The van der Waals surface area contributed by atoms with Crippen LogP contribution in [0.4, 0.5) is 0 Å². The predicted octanol–water partition coefficient (Wildman–Crippen LogP) is 1.80. The van der Waals surface area contributed by atoms with Gasteiger partial charge >= 0.3 is 0 Å². The van der Waals surface area contributed by atoms with Crippen LogP contribution in [-0.4, -0.2) is 40.1 Å². The van der Waals surface area contributed by atoms with Gasteiger partial charge in [0, 0.05) is 32.2 Å². The van der Waals surface area contributed by atoms with Crippen molar-refractivity contribution in [3.05, 3.63) is 22.4 Å². The Morgan fingerprint density at radius 3 is 2.96 bits per heavy atom. The van der Waals surface area contributed by atoms with Crippen LogP contribution in [0.2, 0.25) is 0 Å². The van der Waals surface area contributed by atoms with Gasteiger partial charge in [0.1, 0.15) is 5.82 Å². The molecular formula is C17H21N5O3. The average Bonchev–Trinajstić information content (AvgIpc) is 3.22. The molecule has 1 fully saturated rings. The third-order valence-electron chi connectivity index (χ3n) is 4.69. The van der Waals surface area contributed by atoms with Gasteiger partial charge < -0.3 is 14.6 Å². The van der Waals surface area contributed by atoms with Gasteiger partial charge in [0.25, 0.3) is 5.56 Å². The highest BCUT2D eigenvalue weighted by atomic mass is 16.5. The summed E-state index contributed by atoms with van der Waals surface area (Å²) in [7, 11) is 1.42. The number of nitrogens with zero attached hydrogens (tertiary/aromatic N) is 4. The van der Waals surface area contributed by atoms with E-state index < -0.39 is 5.66 Å². The lowest BCUT2D eigenvalue weighted by atomic mass is 10.0. The van der Waals surface area contributed by atoms with E-state index in [4.69, 9.17) is 11.2 Å². The summed E-state index contributed by atoms with van der Waals surface area (Å²) >= 11 is 0. The minimum absolute atomic E-state index is 0.0262. The number of terminal acetylenes is 1. The summed E-state index contributed by atoms with van der Waals surface area (Å²) in [6.07, 6.45) is 10.5. The van der Waals surface area contributed by atoms with Crippen LogP contribution >= 0.6 is 0 Å². The van der Waals surface area contributed by atoms with Gasteiger partial charge in [-0.1, -0.05) is 0 Å². The van der Waals surface area contributed by atoms with E-state index in [-0.39, 0.29) is 23.3 Å². The second-order valence-electron chi connectivity index (χ2n) is 6.30. The molecule has 8 nitrogen and oxygen atoms in total. The zero-order chi connectivity index (χ0) is 17.9. The minimum atomic E-state index is -0.454. The van der Waals surface area contributed by atoms with E-state index in [1.165, 1.54) is 13.3 Å². The molecule has 1 N–H and O–H groups in total. The standard InChI is InChI=1S/C17H21N5O3/c1-3-4-8-17(20-21-17)9-7-14(23)22-10-5-6-12(22)15-18-11-13(25-2)16(24)19-15/h1,11-12H,4-10H2,2H3,(H,18,19,24). The van der Waals surface area contributed by atoms with E-state index in [1.54, 1.807) is 4.90 Å². The van der Waals surface area contributed by atoms with Crippen LogP contribution in [0, 0.1) is 12.3 Å². The second-order valence-corrected chi connectivity index (χ2v) is 6.30. The monoisotopic (exact) mass is 343 g/mol. The fraction of sp³-hybridized carbons (Fsp3) is 0.588. The molecule has 1 amide bonds. The van der Waals surface area contributed by atoms with Gasteiger partial charge in [-0.2, -0.15) is 10.2 Å². The lowest BCUT2D eigenvalue weighted by molar-refractivity contribution is -0.132. The minimum Gasteiger partial charge on any atom is -0.490 e. The first-order chi connectivity index (χ1) is 12.1. The molecule has 2 aliphatic rings. The quantitative estimate of drug-likeness (QED) is 0.763. The number of carbonyl (C=O) groups is 1. The average molecular weight is 343 g/mol. The molecule has 1 aromatic heterocycles. The number of ether oxygens (including phenoxy) is 1. The van der Waals surface area contributed by atoms with Crippen LogP contribution in [0.5, 0.6) is 5.75 Å². The summed E-state index contributed by atoms with van der Waals surface area (Å²) in [5, 5.41) is 8.13. The first-order valence-corrected chi connectivity index (χ1v) is 8.39. The number of hydrogen-bond donors (Lipinski definition) is 1. The summed E-state index contributed by atoms with van der Waals surface area (Å²) in [5.41, 5.74) is -0.792. The summed E-state index contributed by atoms with van der Waals surface area (Å²) in [6, 6.07) is -0.208. The summed E-state index contributed by atoms with van der Waals surface area (Å²) in [6.45, 7) is 0.658. The SMILES string of the molecule is C#CCCC1(CCC(=O)N2CCCC2c2ncc(OC)c(=O)[nH]2)N=N1. The number of H-pyrrole nitrogens is 1. The van der Waals surface area contributed by atoms with Crippen molar-refractivity contribution in [3.63, 3.8) is 0 Å². The molecule has 1 atom stereocenters. The Kier molecular flexibility index (Phi) is 4.83. The van der Waals surface area contributed by atoms with Crippen molar-refractivity contribution in [2.24, 2.45) is 10.2 Å². The molecule has 0 bridgehead atoms. The van der Waals surface area contributed by atoms with E-state index in [0.29, 0.717) is 38.1 Å². The number of aromatic amines is 1. The molecule has 1 saturated heterocycles. The van der Waals surface area contributed by atoms with Crippen LogP contribution in [0.1, 0.15) is 50.4 Å². The molecule has 3 rings (SSSR count). The van der Waals surface area contributed by atoms with Crippen molar-refractivity contribution in [1.82, 2.24) is 14.9 Å². The van der Waals surface area contributed by atoms with E-state index >= 15 is 0 Å². The van der Waals surface area contributed by atoms with Crippen LogP contribution in [-0.2, 0) is 4.79 Å². The van der Waals surface area contributed by atoms with E-state index in [1.807, 2.05) is 0 Å². The smallest absolute Gasteiger partial charge is 0.293 e. The fourth-order valence-electron chi connectivity index (χ4n) is 3.18. The Hall–Kier alpha value is -2.69. The summed E-state index contributed by atoms with van der Waals surface area (Å²) < 4.78 is 4.93. The Bertz CT molecular complexity index is 773. The number of nitrogens with one attached hydrogen (secondary N) is 1. The molecule has 2 aliphatic heterocycles. The third kappa shape index (κ3) is 3.71. The predicted molar refractivity (Wildman–Crippen MR) is 90.0 cm³/mol. The van der Waals surface area contributed by atoms with Gasteiger partial charge in [0.15, 0.2) is 5.66 Å². The molecule has 1 aromatic rings. The molecule has 1 unspecified atom stereocenters. The largest absolute Gasteiger partial charge is 0.490 e. The van der Waals surface area contributed by atoms with Gasteiger partial charge in [0.2, 0.25) is 11.7 Å². The second kappa shape index (κ2) is 7.05. The van der Waals surface area contributed by atoms with Gasteiger partial charge in [-0.05, 0) is 12.8 Å². The molecule has 25 heavy (non-hydrogen) atoms. The van der Waals surface area contributed by atoms with Crippen LogP contribution in [0.3, 0.4) is 0 Å². The topological polar surface area (TPSA) is 100 Å². The number of amides is 1. The fourth-order valence-corrected chi connectivity index (χ4v) is 3.18. The van der Waals surface area contributed by atoms with E-state index in [0.717, 1.165) is 12.8 Å². The Balaban J connectivity index is 1.63. The van der Waals surface area contributed by atoms with Crippen molar-refractivity contribution in [3.8, 4) is 18.1 Å². The zero-order valence-electron chi connectivity index (χ0n) is 14.2. The number of likely N-dealkylation sites (tertiary alicyclic amines) is 1. The van der Waals surface area contributed by atoms with Crippen LogP contribution < -0.4 is 10.3 Å². The van der Waals surface area contributed by atoms with E-state index in [9.17, 15) is 9.59 Å². The van der Waals surface area contributed by atoms with Gasteiger partial charge in [-0.25, -0.2) is 4.98 Å². The lowest BCUT2D eigenvalue weighted by Gasteiger charge is -2.24. The highest BCUT2D eigenvalue weighted by molar-refractivity contribution is 5.77. The molecule has 8 heteroatoms. The first-order valence-electron chi connectivity index (χ1n) is 8.39. The number of carbonyl (C=O) groups excluding carboxylic acids is 1. The van der Waals surface area contributed by atoms with Crippen LogP contribution in [0.25, 0.3) is 0 Å². The van der Waals surface area contributed by atoms with Crippen molar-refractivity contribution in [2.75, 3.05) is 13.7 Å². The van der Waals surface area contributed by atoms with Gasteiger partial charge in [-0.15, -0.1) is 12.3 Å². The van der Waals surface area contributed by atoms with Crippen molar-refractivity contribution < 1.29 is 9.53 Å². The molecule has 0 aromatic carbocycles. The lowest BCUT2D eigenvalue weighted by Crippen LogP contribution is -2.33. The highest BCUT2D eigenvalue weighted by Gasteiger charge is 2.40. The van der Waals surface area contributed by atoms with Crippen molar-refractivity contribution >= 4 is 5.91 Å². The van der Waals surface area contributed by atoms with Gasteiger partial charge in [-0.3, -0.25) is 9.59 Å². The maximum absolute atomic E-state index is 12.6. The molecule has 0 spiro atoms. The molecule has 0 radical (unpaired) electrons. The van der Waals surface area contributed by atoms with Crippen molar-refractivity contribution in [2.45, 2.75) is 50.2 Å². The molecular weight excluding hydrogens is 322 g/mol. The highest BCUT2D eigenvalue weighted by Crippen LogP contribution is 2.38. The molecule has 0 saturated carbocycles. The first kappa shape index (κ1) is 17.1. The number of aromatic nitrogens is 2.